The van der Waals surface area contributed by atoms with Crippen LogP contribution >= 0.6 is 0 Å². The molecule has 0 aliphatic heterocycles. The number of phenolic OH excluding ortho intramolecular Hbond substituents is 1. The summed E-state index contributed by atoms with van der Waals surface area (Å²) in [5.74, 6) is 2.05. The van der Waals surface area contributed by atoms with E-state index < -0.39 is 0 Å². The lowest BCUT2D eigenvalue weighted by atomic mass is 9.86. The number of rotatable bonds is 6. The normalized spacial score (nSPS) is 13.9. The SMILES string of the molecule is C=C(Nc1ccc(O)cc1CC)c1ccc(Oc2cc3c(cc2C)C=CC3(C)C)o1. The number of hydrogen-bond acceptors (Lipinski definition) is 4. The summed E-state index contributed by atoms with van der Waals surface area (Å²) >= 11 is 0. The number of phenols is 1. The number of hydrogen-bond donors (Lipinski definition) is 2. The van der Waals surface area contributed by atoms with Crippen LogP contribution in [-0.2, 0) is 11.8 Å². The van der Waals surface area contributed by atoms with Crippen LogP contribution in [0.15, 0.2) is 59.5 Å². The van der Waals surface area contributed by atoms with Crippen molar-refractivity contribution in [2.24, 2.45) is 0 Å². The predicted molar refractivity (Wildman–Crippen MR) is 122 cm³/mol. The van der Waals surface area contributed by atoms with E-state index in [2.05, 4.69) is 50.0 Å². The van der Waals surface area contributed by atoms with Crippen molar-refractivity contribution < 1.29 is 14.3 Å². The topological polar surface area (TPSA) is 54.6 Å². The van der Waals surface area contributed by atoms with Gasteiger partial charge < -0.3 is 19.6 Å². The molecule has 1 aromatic heterocycles. The quantitative estimate of drug-likeness (QED) is 0.435. The molecule has 4 rings (SSSR count). The summed E-state index contributed by atoms with van der Waals surface area (Å²) < 4.78 is 12.0. The van der Waals surface area contributed by atoms with E-state index in [1.807, 2.05) is 26.0 Å². The molecule has 3 aromatic rings. The Morgan fingerprint density at radius 1 is 1.17 bits per heavy atom. The van der Waals surface area contributed by atoms with Gasteiger partial charge in [0, 0.05) is 17.2 Å². The number of furan rings is 1. The van der Waals surface area contributed by atoms with Crippen LogP contribution < -0.4 is 10.1 Å². The third kappa shape index (κ3) is 3.73. The number of fused-ring (bicyclic) bond motifs is 1. The third-order valence-corrected chi connectivity index (χ3v) is 5.57. The average Bonchev–Trinajstić information content (AvgIpc) is 3.28. The van der Waals surface area contributed by atoms with Crippen molar-refractivity contribution in [1.29, 1.82) is 0 Å². The Balaban J connectivity index is 1.52. The number of aryl methyl sites for hydroxylation is 2. The van der Waals surface area contributed by atoms with Crippen molar-refractivity contribution in [1.82, 2.24) is 0 Å². The first-order valence-electron chi connectivity index (χ1n) is 10.2. The van der Waals surface area contributed by atoms with E-state index in [-0.39, 0.29) is 11.2 Å². The van der Waals surface area contributed by atoms with Gasteiger partial charge in [0.05, 0.1) is 5.70 Å². The molecule has 0 amide bonds. The molecule has 0 unspecified atom stereocenters. The molecule has 2 aromatic carbocycles. The van der Waals surface area contributed by atoms with Crippen LogP contribution in [0.2, 0.25) is 0 Å². The molecule has 0 bridgehead atoms. The van der Waals surface area contributed by atoms with E-state index in [0.29, 0.717) is 17.4 Å². The van der Waals surface area contributed by atoms with Gasteiger partial charge in [0.25, 0.3) is 5.95 Å². The summed E-state index contributed by atoms with van der Waals surface area (Å²) in [5.41, 5.74) is 6.06. The molecule has 0 atom stereocenters. The van der Waals surface area contributed by atoms with Crippen molar-refractivity contribution in [2.75, 3.05) is 5.32 Å². The van der Waals surface area contributed by atoms with Crippen LogP contribution in [0, 0.1) is 6.92 Å². The van der Waals surface area contributed by atoms with E-state index in [4.69, 9.17) is 9.15 Å². The fourth-order valence-electron chi connectivity index (χ4n) is 3.77. The Morgan fingerprint density at radius 2 is 1.97 bits per heavy atom. The van der Waals surface area contributed by atoms with Gasteiger partial charge in [-0.05, 0) is 72.0 Å². The summed E-state index contributed by atoms with van der Waals surface area (Å²) in [5, 5.41) is 13.0. The highest BCUT2D eigenvalue weighted by atomic mass is 16.6. The largest absolute Gasteiger partial charge is 0.508 e. The second kappa shape index (κ2) is 7.45. The highest BCUT2D eigenvalue weighted by Gasteiger charge is 2.26. The maximum atomic E-state index is 9.69. The number of anilines is 1. The first kappa shape index (κ1) is 19.9. The van der Waals surface area contributed by atoms with E-state index >= 15 is 0 Å². The fourth-order valence-corrected chi connectivity index (χ4v) is 3.77. The number of ether oxygens (including phenoxy) is 1. The minimum Gasteiger partial charge on any atom is -0.508 e. The maximum absolute atomic E-state index is 9.69. The molecule has 0 saturated carbocycles. The van der Waals surface area contributed by atoms with Crippen LogP contribution in [0.3, 0.4) is 0 Å². The zero-order valence-electron chi connectivity index (χ0n) is 17.9. The van der Waals surface area contributed by atoms with Gasteiger partial charge in [-0.2, -0.15) is 0 Å². The Kier molecular flexibility index (Phi) is 4.94. The number of benzene rings is 2. The van der Waals surface area contributed by atoms with Crippen molar-refractivity contribution in [3.63, 3.8) is 0 Å². The molecule has 2 N–H and O–H groups in total. The van der Waals surface area contributed by atoms with Gasteiger partial charge in [0.2, 0.25) is 0 Å². The molecule has 1 heterocycles. The highest BCUT2D eigenvalue weighted by molar-refractivity contribution is 5.75. The van der Waals surface area contributed by atoms with Crippen LogP contribution in [0.1, 0.15) is 48.8 Å². The second-order valence-corrected chi connectivity index (χ2v) is 8.28. The van der Waals surface area contributed by atoms with Crippen LogP contribution in [-0.4, -0.2) is 5.11 Å². The molecule has 4 heteroatoms. The fraction of sp³-hybridized carbons (Fsp3) is 0.231. The zero-order valence-corrected chi connectivity index (χ0v) is 17.9. The summed E-state index contributed by atoms with van der Waals surface area (Å²) in [7, 11) is 0. The lowest BCUT2D eigenvalue weighted by Crippen LogP contribution is -2.11. The first-order chi connectivity index (χ1) is 14.3. The molecule has 1 aliphatic rings. The summed E-state index contributed by atoms with van der Waals surface area (Å²) in [6.45, 7) is 12.6. The highest BCUT2D eigenvalue weighted by Crippen LogP contribution is 2.40. The number of allylic oxidation sites excluding steroid dienone is 1. The predicted octanol–water partition coefficient (Wildman–Crippen LogP) is 7.04. The van der Waals surface area contributed by atoms with E-state index in [1.54, 1.807) is 18.2 Å². The van der Waals surface area contributed by atoms with E-state index in [0.717, 1.165) is 29.0 Å². The average molecular weight is 402 g/mol. The molecule has 0 fully saturated rings. The molecule has 1 aliphatic carbocycles. The second-order valence-electron chi connectivity index (χ2n) is 8.28. The van der Waals surface area contributed by atoms with Crippen molar-refractivity contribution >= 4 is 17.5 Å². The monoisotopic (exact) mass is 401 g/mol. The Labute approximate surface area is 177 Å². The minimum atomic E-state index is -0.00518. The van der Waals surface area contributed by atoms with E-state index in [1.165, 1.54) is 11.1 Å². The van der Waals surface area contributed by atoms with Gasteiger partial charge >= 0.3 is 0 Å². The molecular formula is C26H27NO3. The van der Waals surface area contributed by atoms with Crippen LogP contribution in [0.25, 0.3) is 11.8 Å². The molecule has 0 spiro atoms. The van der Waals surface area contributed by atoms with Crippen LogP contribution in [0.4, 0.5) is 5.69 Å². The molecular weight excluding hydrogens is 374 g/mol. The lowest BCUT2D eigenvalue weighted by molar-refractivity contribution is 0.341. The van der Waals surface area contributed by atoms with Gasteiger partial charge in [-0.3, -0.25) is 0 Å². The summed E-state index contributed by atoms with van der Waals surface area (Å²) in [4.78, 5) is 0. The molecule has 0 radical (unpaired) electrons. The molecule has 4 nitrogen and oxygen atoms in total. The zero-order chi connectivity index (χ0) is 21.5. The first-order valence-corrected chi connectivity index (χ1v) is 10.2. The van der Waals surface area contributed by atoms with Crippen molar-refractivity contribution in [2.45, 2.75) is 39.5 Å². The standard InChI is InChI=1S/C26H27NO3/c1-6-18-14-20(28)7-8-22(18)27-17(3)23-9-10-25(29-23)30-24-15-21-19(13-16(24)2)11-12-26(21,4)5/h7-15,27-28H,3,6H2,1-2,4-5H3. The maximum Gasteiger partial charge on any atom is 0.290 e. The smallest absolute Gasteiger partial charge is 0.290 e. The lowest BCUT2D eigenvalue weighted by Gasteiger charge is -2.19. The Morgan fingerprint density at radius 3 is 2.73 bits per heavy atom. The minimum absolute atomic E-state index is 0.00518. The van der Waals surface area contributed by atoms with E-state index in [9.17, 15) is 5.11 Å². The van der Waals surface area contributed by atoms with Crippen LogP contribution in [0.5, 0.6) is 17.4 Å². The Hall–Kier alpha value is -3.40. The molecule has 154 valence electrons. The van der Waals surface area contributed by atoms with Crippen molar-refractivity contribution in [3.05, 3.63) is 83.1 Å². The molecule has 0 saturated heterocycles. The van der Waals surface area contributed by atoms with Gasteiger partial charge in [0.1, 0.15) is 11.5 Å². The summed E-state index contributed by atoms with van der Waals surface area (Å²) in [6.07, 6.45) is 5.18. The Bertz CT molecular complexity index is 1150. The van der Waals surface area contributed by atoms with Gasteiger partial charge in [-0.15, -0.1) is 0 Å². The number of aromatic hydroxyl groups is 1. The van der Waals surface area contributed by atoms with Gasteiger partial charge in [-0.1, -0.05) is 39.5 Å². The molecule has 30 heavy (non-hydrogen) atoms. The number of nitrogens with one attached hydrogen (secondary N) is 1. The summed E-state index contributed by atoms with van der Waals surface area (Å²) in [6, 6.07) is 13.1. The van der Waals surface area contributed by atoms with Gasteiger partial charge in [0.15, 0.2) is 5.76 Å². The van der Waals surface area contributed by atoms with Crippen molar-refractivity contribution in [3.8, 4) is 17.4 Å². The third-order valence-electron chi connectivity index (χ3n) is 5.57. The van der Waals surface area contributed by atoms with Gasteiger partial charge in [-0.25, -0.2) is 0 Å².